The molecule has 2 aliphatic rings. The third-order valence-corrected chi connectivity index (χ3v) is 7.31. The summed E-state index contributed by atoms with van der Waals surface area (Å²) in [6.07, 6.45) is 4.14. The Hall–Kier alpha value is -4.26. The van der Waals surface area contributed by atoms with Crippen LogP contribution in [-0.2, 0) is 22.4 Å². The fraction of sp³-hybridized carbons (Fsp3) is 0.290. The maximum absolute atomic E-state index is 13.5. The molecule has 3 aromatic carbocycles. The van der Waals surface area contributed by atoms with Gasteiger partial charge in [0.2, 0.25) is 0 Å². The van der Waals surface area contributed by atoms with Crippen LogP contribution in [0.2, 0.25) is 0 Å². The zero-order valence-corrected chi connectivity index (χ0v) is 21.9. The van der Waals surface area contributed by atoms with Crippen molar-refractivity contribution in [2.24, 2.45) is 0 Å². The average molecular weight is 513 g/mol. The number of anilines is 2. The van der Waals surface area contributed by atoms with E-state index in [-0.39, 0.29) is 22.8 Å². The highest BCUT2D eigenvalue weighted by molar-refractivity contribution is 6.51. The molecule has 196 valence electrons. The highest BCUT2D eigenvalue weighted by atomic mass is 16.5. The molecule has 2 N–H and O–H groups in total. The van der Waals surface area contributed by atoms with Crippen molar-refractivity contribution in [3.8, 4) is 11.5 Å². The van der Waals surface area contributed by atoms with Crippen LogP contribution in [0.3, 0.4) is 0 Å². The average Bonchev–Trinajstić information content (AvgIpc) is 3.19. The summed E-state index contributed by atoms with van der Waals surface area (Å²) in [7, 11) is 3.84. The minimum Gasteiger partial charge on any atom is -0.507 e. The number of carbonyl (C=O) groups is 2. The summed E-state index contributed by atoms with van der Waals surface area (Å²) in [5, 5.41) is 21.8. The second-order valence-electron chi connectivity index (χ2n) is 9.93. The molecule has 1 aliphatic carbocycles. The van der Waals surface area contributed by atoms with Gasteiger partial charge < -0.3 is 19.8 Å². The van der Waals surface area contributed by atoms with Crippen molar-refractivity contribution in [1.82, 2.24) is 0 Å². The number of hydrogen-bond acceptors (Lipinski definition) is 6. The van der Waals surface area contributed by atoms with Gasteiger partial charge in [-0.25, -0.2) is 0 Å². The van der Waals surface area contributed by atoms with E-state index in [1.807, 2.05) is 49.3 Å². The number of ketones is 1. The number of aliphatic hydroxyl groups is 1. The molecule has 1 fully saturated rings. The van der Waals surface area contributed by atoms with E-state index in [2.05, 4.69) is 0 Å². The summed E-state index contributed by atoms with van der Waals surface area (Å²) in [5.41, 5.74) is 4.95. The zero-order valence-electron chi connectivity index (χ0n) is 21.9. The highest BCUT2D eigenvalue weighted by Gasteiger charge is 2.47. The highest BCUT2D eigenvalue weighted by Crippen LogP contribution is 2.44. The van der Waals surface area contributed by atoms with Gasteiger partial charge in [-0.3, -0.25) is 14.5 Å². The number of hydrogen-bond donors (Lipinski definition) is 2. The van der Waals surface area contributed by atoms with E-state index in [0.717, 1.165) is 36.9 Å². The van der Waals surface area contributed by atoms with E-state index in [1.54, 1.807) is 31.2 Å². The maximum Gasteiger partial charge on any atom is 0.300 e. The molecule has 7 nitrogen and oxygen atoms in total. The summed E-state index contributed by atoms with van der Waals surface area (Å²) in [4.78, 5) is 30.4. The van der Waals surface area contributed by atoms with Crippen LogP contribution in [0.4, 0.5) is 11.4 Å². The maximum atomic E-state index is 13.5. The first kappa shape index (κ1) is 25.4. The Morgan fingerprint density at radius 1 is 0.974 bits per heavy atom. The van der Waals surface area contributed by atoms with Crippen LogP contribution in [0, 0.1) is 0 Å². The first-order chi connectivity index (χ1) is 18.3. The third-order valence-electron chi connectivity index (χ3n) is 7.31. The van der Waals surface area contributed by atoms with Crippen LogP contribution in [0.15, 0.2) is 66.2 Å². The van der Waals surface area contributed by atoms with Crippen LogP contribution in [0.1, 0.15) is 48.1 Å². The van der Waals surface area contributed by atoms with Gasteiger partial charge in [-0.1, -0.05) is 18.2 Å². The molecule has 1 heterocycles. The number of nitrogens with zero attached hydrogens (tertiary/aromatic N) is 2. The fourth-order valence-electron chi connectivity index (χ4n) is 5.33. The molecule has 0 aromatic heterocycles. The van der Waals surface area contributed by atoms with Crippen molar-refractivity contribution in [3.63, 3.8) is 0 Å². The van der Waals surface area contributed by atoms with E-state index in [4.69, 9.17) is 4.74 Å². The third kappa shape index (κ3) is 4.49. The Kier molecular flexibility index (Phi) is 6.85. The van der Waals surface area contributed by atoms with Gasteiger partial charge in [-0.05, 0) is 91.8 Å². The fourth-order valence-corrected chi connectivity index (χ4v) is 5.33. The number of rotatable bonds is 6. The monoisotopic (exact) mass is 512 g/mol. The van der Waals surface area contributed by atoms with Gasteiger partial charge in [-0.2, -0.15) is 0 Å². The number of aryl methyl sites for hydroxylation is 2. The number of amides is 1. The standard InChI is InChI=1S/C31H32N2O5/c1-4-38-26-18-21(11-16-25(26)34)28-27(29(35)22-10-9-19-7-5-6-8-20(19)17-22)30(36)31(37)33(28)24-14-12-23(13-15-24)32(2)3/h9-18,28,34-35H,4-8H2,1-3H3/b29-27+. The molecule has 38 heavy (non-hydrogen) atoms. The minimum absolute atomic E-state index is 0.00980. The predicted molar refractivity (Wildman–Crippen MR) is 148 cm³/mol. The molecule has 1 saturated heterocycles. The number of Topliss-reactive ketones (excluding diaryl/α,β-unsaturated/α-hetero) is 1. The smallest absolute Gasteiger partial charge is 0.300 e. The first-order valence-corrected chi connectivity index (χ1v) is 13.0. The number of fused-ring (bicyclic) bond motifs is 1. The Labute approximate surface area is 222 Å². The van der Waals surface area contributed by atoms with Crippen molar-refractivity contribution in [3.05, 3.63) is 88.5 Å². The van der Waals surface area contributed by atoms with E-state index in [9.17, 15) is 19.8 Å². The van der Waals surface area contributed by atoms with Gasteiger partial charge >= 0.3 is 0 Å². The van der Waals surface area contributed by atoms with Gasteiger partial charge in [0.15, 0.2) is 11.5 Å². The molecule has 0 bridgehead atoms. The SMILES string of the molecule is CCOc1cc(C2/C(=C(\O)c3ccc4c(c3)CCCC4)C(=O)C(=O)N2c2ccc(N(C)C)cc2)ccc1O. The van der Waals surface area contributed by atoms with Gasteiger partial charge in [0.1, 0.15) is 5.76 Å². The normalized spacial score (nSPS) is 18.4. The molecule has 3 aromatic rings. The molecule has 1 unspecified atom stereocenters. The van der Waals surface area contributed by atoms with Crippen LogP contribution in [-0.4, -0.2) is 42.6 Å². The molecule has 0 saturated carbocycles. The number of aromatic hydroxyl groups is 1. The molecule has 1 aliphatic heterocycles. The number of ether oxygens (including phenoxy) is 1. The second kappa shape index (κ2) is 10.2. The van der Waals surface area contributed by atoms with E-state index in [1.165, 1.54) is 16.5 Å². The summed E-state index contributed by atoms with van der Waals surface area (Å²) in [6.45, 7) is 2.14. The number of carbonyl (C=O) groups excluding carboxylic acids is 2. The minimum atomic E-state index is -0.906. The molecule has 7 heteroatoms. The molecular weight excluding hydrogens is 480 g/mol. The molecule has 1 atom stereocenters. The van der Waals surface area contributed by atoms with Crippen molar-refractivity contribution >= 4 is 28.8 Å². The van der Waals surface area contributed by atoms with Gasteiger partial charge in [0, 0.05) is 31.0 Å². The van der Waals surface area contributed by atoms with Gasteiger partial charge in [0.25, 0.3) is 11.7 Å². The quantitative estimate of drug-likeness (QED) is 0.263. The van der Waals surface area contributed by atoms with Crippen LogP contribution >= 0.6 is 0 Å². The summed E-state index contributed by atoms with van der Waals surface area (Å²) < 4.78 is 5.59. The Morgan fingerprint density at radius 3 is 2.37 bits per heavy atom. The first-order valence-electron chi connectivity index (χ1n) is 13.0. The number of aliphatic hydroxyl groups excluding tert-OH is 1. The number of phenolic OH excluding ortho intramolecular Hbond substituents is 1. The molecule has 0 radical (unpaired) electrons. The van der Waals surface area contributed by atoms with E-state index >= 15 is 0 Å². The van der Waals surface area contributed by atoms with E-state index < -0.39 is 17.7 Å². The van der Waals surface area contributed by atoms with Crippen LogP contribution in [0.5, 0.6) is 11.5 Å². The summed E-state index contributed by atoms with van der Waals surface area (Å²) >= 11 is 0. The van der Waals surface area contributed by atoms with Gasteiger partial charge in [0.05, 0.1) is 18.2 Å². The van der Waals surface area contributed by atoms with Crippen molar-refractivity contribution in [2.75, 3.05) is 30.5 Å². The lowest BCUT2D eigenvalue weighted by Gasteiger charge is -2.26. The van der Waals surface area contributed by atoms with Crippen molar-refractivity contribution < 1.29 is 24.5 Å². The van der Waals surface area contributed by atoms with Crippen molar-refractivity contribution in [1.29, 1.82) is 0 Å². The van der Waals surface area contributed by atoms with Crippen LogP contribution < -0.4 is 14.5 Å². The Bertz CT molecular complexity index is 1420. The summed E-state index contributed by atoms with van der Waals surface area (Å²) in [5.74, 6) is -1.49. The van der Waals surface area contributed by atoms with Crippen molar-refractivity contribution in [2.45, 2.75) is 38.6 Å². The molecule has 0 spiro atoms. The largest absolute Gasteiger partial charge is 0.507 e. The molecule has 5 rings (SSSR count). The second-order valence-corrected chi connectivity index (χ2v) is 9.93. The lowest BCUT2D eigenvalue weighted by atomic mass is 9.88. The molecular formula is C31H32N2O5. The number of phenols is 1. The predicted octanol–water partition coefficient (Wildman–Crippen LogP) is 5.36. The molecule has 1 amide bonds. The lowest BCUT2D eigenvalue weighted by molar-refractivity contribution is -0.132. The lowest BCUT2D eigenvalue weighted by Crippen LogP contribution is -2.29. The Morgan fingerprint density at radius 2 is 1.68 bits per heavy atom. The number of benzene rings is 3. The Balaban J connectivity index is 1.69. The van der Waals surface area contributed by atoms with Gasteiger partial charge in [-0.15, -0.1) is 0 Å². The summed E-state index contributed by atoms with van der Waals surface area (Å²) in [6, 6.07) is 16.9. The zero-order chi connectivity index (χ0) is 27.0. The van der Waals surface area contributed by atoms with E-state index in [0.29, 0.717) is 23.4 Å². The topological polar surface area (TPSA) is 90.3 Å². The van der Waals surface area contributed by atoms with Crippen LogP contribution in [0.25, 0.3) is 5.76 Å².